The number of benzene rings is 2. The van der Waals surface area contributed by atoms with Gasteiger partial charge in [0.25, 0.3) is 0 Å². The second-order valence-electron chi connectivity index (χ2n) is 4.97. The van der Waals surface area contributed by atoms with Gasteiger partial charge in [0.05, 0.1) is 5.69 Å². The van der Waals surface area contributed by atoms with Crippen molar-refractivity contribution in [2.24, 2.45) is 0 Å². The fourth-order valence-corrected chi connectivity index (χ4v) is 2.01. The van der Waals surface area contributed by atoms with Gasteiger partial charge in [-0.05, 0) is 31.2 Å². The summed E-state index contributed by atoms with van der Waals surface area (Å²) in [6, 6.07) is 13.2. The van der Waals surface area contributed by atoms with E-state index in [1.807, 2.05) is 19.1 Å². The van der Waals surface area contributed by atoms with E-state index in [4.69, 9.17) is 0 Å². The van der Waals surface area contributed by atoms with Crippen molar-refractivity contribution >= 4 is 23.2 Å². The molecule has 2 amide bonds. The number of aryl methyl sites for hydroxylation is 1. The fourth-order valence-electron chi connectivity index (χ4n) is 2.01. The van der Waals surface area contributed by atoms with Gasteiger partial charge < -0.3 is 10.2 Å². The standard InChI is InChI=1S/C17H17FN2O2/c1-12-7-9-14(10-8-12)20(13(2)21)11-17(22)19-16-6-4-3-5-15(16)18/h3-10H,11H2,1-2H3,(H,19,22). The number of hydrogen-bond acceptors (Lipinski definition) is 2. The van der Waals surface area contributed by atoms with Crippen molar-refractivity contribution < 1.29 is 14.0 Å². The zero-order chi connectivity index (χ0) is 16.1. The second-order valence-corrected chi connectivity index (χ2v) is 4.97. The summed E-state index contributed by atoms with van der Waals surface area (Å²) in [7, 11) is 0. The predicted molar refractivity (Wildman–Crippen MR) is 84.2 cm³/mol. The molecule has 0 aliphatic rings. The zero-order valence-electron chi connectivity index (χ0n) is 12.5. The number of rotatable bonds is 4. The zero-order valence-corrected chi connectivity index (χ0v) is 12.5. The molecule has 4 nitrogen and oxygen atoms in total. The Kier molecular flexibility index (Phi) is 4.88. The van der Waals surface area contributed by atoms with E-state index in [9.17, 15) is 14.0 Å². The molecule has 0 aliphatic carbocycles. The normalized spacial score (nSPS) is 10.1. The quantitative estimate of drug-likeness (QED) is 0.943. The fraction of sp³-hybridized carbons (Fsp3) is 0.176. The van der Waals surface area contributed by atoms with Crippen molar-refractivity contribution in [1.82, 2.24) is 0 Å². The van der Waals surface area contributed by atoms with Crippen molar-refractivity contribution in [1.29, 1.82) is 0 Å². The average molecular weight is 300 g/mol. The highest BCUT2D eigenvalue weighted by Gasteiger charge is 2.16. The highest BCUT2D eigenvalue weighted by atomic mass is 19.1. The van der Waals surface area contributed by atoms with Crippen LogP contribution in [-0.4, -0.2) is 18.4 Å². The molecule has 5 heteroatoms. The summed E-state index contributed by atoms with van der Waals surface area (Å²) in [4.78, 5) is 25.1. The van der Waals surface area contributed by atoms with E-state index in [-0.39, 0.29) is 18.1 Å². The summed E-state index contributed by atoms with van der Waals surface area (Å²) in [5.74, 6) is -1.23. The molecule has 2 aromatic carbocycles. The van der Waals surface area contributed by atoms with Crippen molar-refractivity contribution in [3.63, 3.8) is 0 Å². The molecule has 114 valence electrons. The largest absolute Gasteiger partial charge is 0.322 e. The average Bonchev–Trinajstić information content (AvgIpc) is 2.48. The molecule has 0 spiro atoms. The van der Waals surface area contributed by atoms with E-state index in [1.54, 1.807) is 24.3 Å². The molecule has 1 N–H and O–H groups in total. The van der Waals surface area contributed by atoms with Crippen molar-refractivity contribution in [3.8, 4) is 0 Å². The molecule has 0 aliphatic heterocycles. The van der Waals surface area contributed by atoms with Crippen LogP contribution in [0.15, 0.2) is 48.5 Å². The molecule has 0 saturated carbocycles. The minimum Gasteiger partial charge on any atom is -0.322 e. The van der Waals surface area contributed by atoms with Crippen LogP contribution in [0.5, 0.6) is 0 Å². The van der Waals surface area contributed by atoms with Crippen LogP contribution in [0.2, 0.25) is 0 Å². The lowest BCUT2D eigenvalue weighted by Gasteiger charge is -2.21. The Balaban J connectivity index is 2.11. The number of nitrogens with zero attached hydrogens (tertiary/aromatic N) is 1. The van der Waals surface area contributed by atoms with E-state index in [1.165, 1.54) is 24.0 Å². The number of carbonyl (C=O) groups is 2. The Morgan fingerprint density at radius 3 is 2.32 bits per heavy atom. The minimum atomic E-state index is -0.513. The Bertz CT molecular complexity index is 683. The van der Waals surface area contributed by atoms with E-state index in [0.717, 1.165) is 5.56 Å². The van der Waals surface area contributed by atoms with Gasteiger partial charge in [0.1, 0.15) is 12.4 Å². The first-order valence-corrected chi connectivity index (χ1v) is 6.86. The first-order valence-electron chi connectivity index (χ1n) is 6.86. The van der Waals surface area contributed by atoms with Crippen molar-refractivity contribution in [2.75, 3.05) is 16.8 Å². The molecule has 0 atom stereocenters. The lowest BCUT2D eigenvalue weighted by Crippen LogP contribution is -2.36. The number of hydrogen-bond donors (Lipinski definition) is 1. The van der Waals surface area contributed by atoms with Gasteiger partial charge in [-0.3, -0.25) is 9.59 Å². The molecule has 0 aromatic heterocycles. The van der Waals surface area contributed by atoms with Gasteiger partial charge in [0, 0.05) is 12.6 Å². The molecule has 22 heavy (non-hydrogen) atoms. The molecule has 0 bridgehead atoms. The third-order valence-corrected chi connectivity index (χ3v) is 3.18. The monoisotopic (exact) mass is 300 g/mol. The SMILES string of the molecule is CC(=O)N(CC(=O)Nc1ccccc1F)c1ccc(C)cc1. The first kappa shape index (κ1) is 15.7. The van der Waals surface area contributed by atoms with Crippen LogP contribution in [0.1, 0.15) is 12.5 Å². The molecule has 0 unspecified atom stereocenters. The number of para-hydroxylation sites is 1. The Hall–Kier alpha value is -2.69. The summed E-state index contributed by atoms with van der Waals surface area (Å²) in [6.45, 7) is 3.15. The maximum Gasteiger partial charge on any atom is 0.244 e. The van der Waals surface area contributed by atoms with E-state index < -0.39 is 11.7 Å². The highest BCUT2D eigenvalue weighted by Crippen LogP contribution is 2.16. The van der Waals surface area contributed by atoms with Gasteiger partial charge in [-0.15, -0.1) is 0 Å². The van der Waals surface area contributed by atoms with Crippen molar-refractivity contribution in [3.05, 3.63) is 59.9 Å². The summed E-state index contributed by atoms with van der Waals surface area (Å²) in [5.41, 5.74) is 1.78. The predicted octanol–water partition coefficient (Wildman–Crippen LogP) is 3.13. The van der Waals surface area contributed by atoms with Gasteiger partial charge in [-0.2, -0.15) is 0 Å². The van der Waals surface area contributed by atoms with Gasteiger partial charge in [-0.25, -0.2) is 4.39 Å². The molecule has 0 saturated heterocycles. The minimum absolute atomic E-state index is 0.0971. The molecular weight excluding hydrogens is 283 g/mol. The Morgan fingerprint density at radius 1 is 1.09 bits per heavy atom. The summed E-state index contributed by atoms with van der Waals surface area (Å²) in [5, 5.41) is 2.47. The van der Waals surface area contributed by atoms with Gasteiger partial charge in [0.15, 0.2) is 0 Å². The number of anilines is 2. The number of amides is 2. The third-order valence-electron chi connectivity index (χ3n) is 3.18. The number of nitrogens with one attached hydrogen (secondary N) is 1. The van der Waals surface area contributed by atoms with Crippen LogP contribution >= 0.6 is 0 Å². The maximum atomic E-state index is 13.5. The van der Waals surface area contributed by atoms with Crippen LogP contribution in [0.4, 0.5) is 15.8 Å². The smallest absolute Gasteiger partial charge is 0.244 e. The maximum absolute atomic E-state index is 13.5. The number of halogens is 1. The van der Waals surface area contributed by atoms with Gasteiger partial charge in [0.2, 0.25) is 11.8 Å². The van der Waals surface area contributed by atoms with Gasteiger partial charge >= 0.3 is 0 Å². The highest BCUT2D eigenvalue weighted by molar-refractivity contribution is 6.01. The summed E-state index contributed by atoms with van der Waals surface area (Å²) >= 11 is 0. The van der Waals surface area contributed by atoms with E-state index in [2.05, 4.69) is 5.32 Å². The summed E-state index contributed by atoms with van der Waals surface area (Å²) in [6.07, 6.45) is 0. The first-order chi connectivity index (χ1) is 10.5. The lowest BCUT2D eigenvalue weighted by molar-refractivity contribution is -0.120. The van der Waals surface area contributed by atoms with Crippen LogP contribution < -0.4 is 10.2 Å². The molecule has 0 heterocycles. The van der Waals surface area contributed by atoms with Crippen LogP contribution in [0.3, 0.4) is 0 Å². The lowest BCUT2D eigenvalue weighted by atomic mass is 10.2. The second kappa shape index (κ2) is 6.85. The third kappa shape index (κ3) is 3.91. The molecule has 2 rings (SSSR count). The number of carbonyl (C=O) groups excluding carboxylic acids is 2. The molecule has 0 radical (unpaired) electrons. The summed E-state index contributed by atoms with van der Waals surface area (Å²) < 4.78 is 13.5. The molecular formula is C17H17FN2O2. The topological polar surface area (TPSA) is 49.4 Å². The van der Waals surface area contributed by atoms with Crippen LogP contribution in [0.25, 0.3) is 0 Å². The molecule has 2 aromatic rings. The van der Waals surface area contributed by atoms with Gasteiger partial charge in [-0.1, -0.05) is 29.8 Å². The van der Waals surface area contributed by atoms with Crippen LogP contribution in [0, 0.1) is 12.7 Å². The van der Waals surface area contributed by atoms with Crippen LogP contribution in [-0.2, 0) is 9.59 Å². The van der Waals surface area contributed by atoms with E-state index in [0.29, 0.717) is 5.69 Å². The van der Waals surface area contributed by atoms with E-state index >= 15 is 0 Å². The molecule has 0 fully saturated rings. The Labute approximate surface area is 128 Å². The Morgan fingerprint density at radius 2 is 1.73 bits per heavy atom. The van der Waals surface area contributed by atoms with Crippen molar-refractivity contribution in [2.45, 2.75) is 13.8 Å².